The average molecular weight is 403 g/mol. The van der Waals surface area contributed by atoms with E-state index in [0.29, 0.717) is 19.4 Å². The Balaban J connectivity index is 3.71. The molecule has 0 saturated heterocycles. The molecule has 154 valence electrons. The van der Waals surface area contributed by atoms with Gasteiger partial charge >= 0.3 is 11.7 Å². The molecule has 1 rings (SSSR count). The number of ether oxygens (including phenoxy) is 1. The first-order chi connectivity index (χ1) is 13.2. The summed E-state index contributed by atoms with van der Waals surface area (Å²) in [5, 5.41) is 25.1. The Morgan fingerprint density at radius 3 is 2.46 bits per heavy atom. The molecule has 11 heteroatoms. The third-order valence-corrected chi connectivity index (χ3v) is 3.58. The van der Waals surface area contributed by atoms with Crippen molar-refractivity contribution in [2.24, 2.45) is 5.10 Å². The first kappa shape index (κ1) is 22.9. The largest absolute Gasteiger partial charge is 0.506 e. The zero-order chi connectivity index (χ0) is 21.4. The summed E-state index contributed by atoms with van der Waals surface area (Å²) in [5.74, 6) is -7.78. The second-order valence-corrected chi connectivity index (χ2v) is 5.57. The number of halogens is 3. The van der Waals surface area contributed by atoms with Crippen molar-refractivity contribution in [1.82, 2.24) is 5.43 Å². The number of nitrogens with zero attached hydrogens (tertiary/aromatic N) is 2. The molecule has 1 aromatic rings. The van der Waals surface area contributed by atoms with Crippen LogP contribution in [0.25, 0.3) is 5.76 Å². The van der Waals surface area contributed by atoms with Crippen LogP contribution in [0.4, 0.5) is 18.9 Å². The molecule has 0 aliphatic carbocycles. The number of hydrazone groups is 1. The highest BCUT2D eigenvalue weighted by Crippen LogP contribution is 2.35. The van der Waals surface area contributed by atoms with E-state index in [0.717, 1.165) is 13.1 Å². The average Bonchev–Trinajstić information content (AvgIpc) is 2.65. The van der Waals surface area contributed by atoms with E-state index >= 15 is 0 Å². The first-order valence-corrected chi connectivity index (χ1v) is 8.36. The lowest BCUT2D eigenvalue weighted by Gasteiger charge is -2.11. The van der Waals surface area contributed by atoms with Crippen molar-refractivity contribution < 1.29 is 32.7 Å². The van der Waals surface area contributed by atoms with Gasteiger partial charge in [0.15, 0.2) is 5.82 Å². The highest BCUT2D eigenvalue weighted by atomic mass is 19.2. The van der Waals surface area contributed by atoms with Crippen LogP contribution in [0.1, 0.15) is 37.8 Å². The van der Waals surface area contributed by atoms with Gasteiger partial charge < -0.3 is 15.3 Å². The molecule has 0 bridgehead atoms. The number of benzene rings is 1. The summed E-state index contributed by atoms with van der Waals surface area (Å²) in [6.45, 7) is 4.62. The Morgan fingerprint density at radius 1 is 1.29 bits per heavy atom. The van der Waals surface area contributed by atoms with Gasteiger partial charge in [0.2, 0.25) is 5.82 Å². The molecule has 8 nitrogen and oxygen atoms in total. The molecule has 0 radical (unpaired) electrons. The Hall–Kier alpha value is -3.11. The van der Waals surface area contributed by atoms with E-state index in [1.165, 1.54) is 0 Å². The third-order valence-electron chi connectivity index (χ3n) is 3.58. The molecule has 0 aliphatic rings. The predicted octanol–water partition coefficient (Wildman–Crippen LogP) is 3.53. The highest BCUT2D eigenvalue weighted by molar-refractivity contribution is 6.15. The molecular formula is C17H20F3N3O5. The minimum atomic E-state index is -1.97. The smallest absolute Gasteiger partial charge is 0.343 e. The summed E-state index contributed by atoms with van der Waals surface area (Å²) in [4.78, 5) is 22.0. The summed E-state index contributed by atoms with van der Waals surface area (Å²) in [6.07, 6.45) is 1.93. The van der Waals surface area contributed by atoms with Crippen molar-refractivity contribution >= 4 is 23.6 Å². The van der Waals surface area contributed by atoms with Crippen LogP contribution in [0, 0.1) is 34.5 Å². The zero-order valence-electron chi connectivity index (χ0n) is 15.5. The van der Waals surface area contributed by atoms with Crippen LogP contribution in [0.3, 0.4) is 0 Å². The lowest BCUT2D eigenvalue weighted by molar-refractivity contribution is -0.388. The van der Waals surface area contributed by atoms with Crippen molar-refractivity contribution in [1.29, 1.82) is 0 Å². The molecule has 2 N–H and O–H groups in total. The van der Waals surface area contributed by atoms with E-state index < -0.39 is 56.5 Å². The fraction of sp³-hybridized carbons (Fsp3) is 0.412. The van der Waals surface area contributed by atoms with Gasteiger partial charge in [0, 0.05) is 12.1 Å². The minimum Gasteiger partial charge on any atom is -0.506 e. The van der Waals surface area contributed by atoms with Gasteiger partial charge in [-0.3, -0.25) is 10.1 Å². The van der Waals surface area contributed by atoms with Gasteiger partial charge in [-0.15, -0.1) is 0 Å². The quantitative estimate of drug-likeness (QED) is 0.0953. The number of rotatable bonds is 9. The van der Waals surface area contributed by atoms with Gasteiger partial charge in [-0.1, -0.05) is 13.3 Å². The molecule has 28 heavy (non-hydrogen) atoms. The van der Waals surface area contributed by atoms with E-state index in [-0.39, 0.29) is 6.61 Å². The Labute approximate surface area is 158 Å². The van der Waals surface area contributed by atoms with Crippen molar-refractivity contribution in [3.63, 3.8) is 0 Å². The number of aliphatic hydroxyl groups excluding tert-OH is 1. The standard InChI is InChI=1S/C17H20F3N3O5/c1-4-6-7-28-17(25)10(8-22-21-5-2)16(24)11-12(18)9(3)13(19)14(20)15(11)23(26)27/h8,21,24H,4-7H2,1-3H3. The molecule has 0 fully saturated rings. The molecule has 0 aromatic heterocycles. The fourth-order valence-electron chi connectivity index (χ4n) is 2.09. The summed E-state index contributed by atoms with van der Waals surface area (Å²) >= 11 is 0. The number of unbranched alkanes of at least 4 members (excludes halogenated alkanes) is 1. The van der Waals surface area contributed by atoms with Gasteiger partial charge in [0.25, 0.3) is 0 Å². The maximum Gasteiger partial charge on any atom is 0.343 e. The van der Waals surface area contributed by atoms with E-state index in [2.05, 4.69) is 10.5 Å². The Bertz CT molecular complexity index is 825. The van der Waals surface area contributed by atoms with Crippen LogP contribution in [0.2, 0.25) is 0 Å². The van der Waals surface area contributed by atoms with Gasteiger partial charge in [-0.2, -0.15) is 9.49 Å². The van der Waals surface area contributed by atoms with E-state index in [9.17, 15) is 33.2 Å². The number of esters is 1. The number of hydrogen-bond acceptors (Lipinski definition) is 7. The van der Waals surface area contributed by atoms with E-state index in [1.807, 2.05) is 6.92 Å². The summed E-state index contributed by atoms with van der Waals surface area (Å²) in [5.41, 5.74) is -2.13. The van der Waals surface area contributed by atoms with Crippen LogP contribution >= 0.6 is 0 Å². The molecule has 0 amide bonds. The molecule has 0 heterocycles. The number of nitro groups is 1. The molecule has 1 aromatic carbocycles. The lowest BCUT2D eigenvalue weighted by atomic mass is 10.0. The van der Waals surface area contributed by atoms with E-state index in [4.69, 9.17) is 4.74 Å². The number of nitro benzene ring substituents is 1. The summed E-state index contributed by atoms with van der Waals surface area (Å²) < 4.78 is 47.2. The van der Waals surface area contributed by atoms with Crippen molar-refractivity contribution in [3.8, 4) is 0 Å². The molecule has 0 atom stereocenters. The van der Waals surface area contributed by atoms with Crippen LogP contribution in [0.15, 0.2) is 10.7 Å². The van der Waals surface area contributed by atoms with Crippen molar-refractivity contribution in [3.05, 3.63) is 44.3 Å². The minimum absolute atomic E-state index is 0.0391. The molecule has 0 saturated carbocycles. The van der Waals surface area contributed by atoms with Crippen LogP contribution in [-0.4, -0.2) is 35.4 Å². The van der Waals surface area contributed by atoms with E-state index in [1.54, 1.807) is 6.92 Å². The number of carbonyl (C=O) groups is 1. The number of hydrogen-bond donors (Lipinski definition) is 2. The Morgan fingerprint density at radius 2 is 1.93 bits per heavy atom. The van der Waals surface area contributed by atoms with Crippen molar-refractivity contribution in [2.75, 3.05) is 13.2 Å². The third kappa shape index (κ3) is 4.99. The monoisotopic (exact) mass is 403 g/mol. The second-order valence-electron chi connectivity index (χ2n) is 5.57. The number of aliphatic hydroxyl groups is 1. The summed E-state index contributed by atoms with van der Waals surface area (Å²) in [6, 6.07) is 0. The molecular weight excluding hydrogens is 383 g/mol. The van der Waals surface area contributed by atoms with Crippen LogP contribution in [0.5, 0.6) is 0 Å². The van der Waals surface area contributed by atoms with Crippen molar-refractivity contribution in [2.45, 2.75) is 33.6 Å². The maximum atomic E-state index is 14.5. The predicted molar refractivity (Wildman–Crippen MR) is 95.3 cm³/mol. The van der Waals surface area contributed by atoms with Gasteiger partial charge in [-0.25, -0.2) is 13.6 Å². The first-order valence-electron chi connectivity index (χ1n) is 8.36. The number of nitrogens with one attached hydrogen (secondary N) is 1. The maximum absolute atomic E-state index is 14.5. The lowest BCUT2D eigenvalue weighted by Crippen LogP contribution is -2.16. The van der Waals surface area contributed by atoms with Crippen LogP contribution < -0.4 is 5.43 Å². The molecule has 0 spiro atoms. The number of carbonyl (C=O) groups excluding carboxylic acids is 1. The Kier molecular flexibility index (Phi) is 8.42. The fourth-order valence-corrected chi connectivity index (χ4v) is 2.09. The van der Waals surface area contributed by atoms with Crippen LogP contribution in [-0.2, 0) is 9.53 Å². The molecule has 0 unspecified atom stereocenters. The highest BCUT2D eigenvalue weighted by Gasteiger charge is 2.35. The summed E-state index contributed by atoms with van der Waals surface area (Å²) in [7, 11) is 0. The SMILES string of the molecule is CCCCOC(=O)C(C=NNCC)=C(O)c1c(F)c(C)c(F)c(F)c1[N+](=O)[O-]. The topological polar surface area (TPSA) is 114 Å². The normalized spacial score (nSPS) is 12.1. The molecule has 0 aliphatic heterocycles. The van der Waals surface area contributed by atoms with Gasteiger partial charge in [0.1, 0.15) is 22.7 Å². The van der Waals surface area contributed by atoms with Gasteiger partial charge in [-0.05, 0) is 20.3 Å². The van der Waals surface area contributed by atoms with Gasteiger partial charge in [0.05, 0.1) is 17.7 Å². The zero-order valence-corrected chi connectivity index (χ0v) is 15.5. The second kappa shape index (κ2) is 10.3.